The number of nitrogens with one attached hydrogen (secondary N) is 1. The summed E-state index contributed by atoms with van der Waals surface area (Å²) in [4.78, 5) is 14.7. The molecule has 6 nitrogen and oxygen atoms in total. The molecule has 1 fully saturated rings. The number of likely N-dealkylation sites (tertiary alicyclic amines) is 1. The number of anilines is 1. The van der Waals surface area contributed by atoms with Gasteiger partial charge < -0.3 is 5.32 Å². The molecule has 2 heterocycles. The minimum Gasteiger partial charge on any atom is -0.326 e. The molecule has 1 aliphatic rings. The van der Waals surface area contributed by atoms with Gasteiger partial charge in [0.15, 0.2) is 0 Å². The summed E-state index contributed by atoms with van der Waals surface area (Å²) in [7, 11) is -3.72. The number of rotatable bonds is 7. The maximum absolute atomic E-state index is 13.7. The van der Waals surface area contributed by atoms with Gasteiger partial charge in [-0.1, -0.05) is 62.4 Å². The first kappa shape index (κ1) is 25.2. The molecule has 192 valence electrons. The van der Waals surface area contributed by atoms with Crippen LogP contribution in [-0.2, 0) is 21.4 Å². The molecule has 1 amide bonds. The lowest BCUT2D eigenvalue weighted by Gasteiger charge is -2.32. The summed E-state index contributed by atoms with van der Waals surface area (Å²) in [5.41, 5.74) is 3.56. The second-order valence-corrected chi connectivity index (χ2v) is 11.9. The molecule has 1 aromatic heterocycles. The van der Waals surface area contributed by atoms with Crippen molar-refractivity contribution in [1.82, 2.24) is 8.87 Å². The van der Waals surface area contributed by atoms with Gasteiger partial charge in [0.2, 0.25) is 5.91 Å². The van der Waals surface area contributed by atoms with E-state index in [4.69, 9.17) is 0 Å². The van der Waals surface area contributed by atoms with Gasteiger partial charge in [-0.3, -0.25) is 9.69 Å². The lowest BCUT2D eigenvalue weighted by molar-refractivity contribution is -0.118. The predicted octanol–water partition coefficient (Wildman–Crippen LogP) is 5.85. The number of aromatic nitrogens is 1. The minimum absolute atomic E-state index is 0.0211. The summed E-state index contributed by atoms with van der Waals surface area (Å²) in [6.45, 7) is 6.09. The number of benzene rings is 3. The van der Waals surface area contributed by atoms with Crippen LogP contribution in [0.15, 0.2) is 89.8 Å². The van der Waals surface area contributed by atoms with E-state index in [1.165, 1.54) is 9.54 Å². The molecular formula is C30H33N3O3S. The fourth-order valence-corrected chi connectivity index (χ4v) is 6.65. The van der Waals surface area contributed by atoms with Crippen molar-refractivity contribution in [2.45, 2.75) is 44.0 Å². The van der Waals surface area contributed by atoms with Crippen LogP contribution in [0.4, 0.5) is 5.69 Å². The van der Waals surface area contributed by atoms with Crippen molar-refractivity contribution in [1.29, 1.82) is 0 Å². The number of amides is 1. The third-order valence-electron chi connectivity index (χ3n) is 7.14. The quantitative estimate of drug-likeness (QED) is 0.335. The number of hydrogen-bond donors (Lipinski definition) is 1. The Morgan fingerprint density at radius 2 is 1.62 bits per heavy atom. The van der Waals surface area contributed by atoms with Gasteiger partial charge >= 0.3 is 0 Å². The van der Waals surface area contributed by atoms with Crippen molar-refractivity contribution in [2.24, 2.45) is 5.92 Å². The Kier molecular flexibility index (Phi) is 7.17. The third-order valence-corrected chi connectivity index (χ3v) is 8.92. The summed E-state index contributed by atoms with van der Waals surface area (Å²) in [5.74, 6) is 0.368. The van der Waals surface area contributed by atoms with E-state index in [9.17, 15) is 13.2 Å². The molecule has 1 N–H and O–H groups in total. The first-order valence-corrected chi connectivity index (χ1v) is 14.3. The first-order chi connectivity index (χ1) is 17.8. The summed E-state index contributed by atoms with van der Waals surface area (Å²) in [5, 5.41) is 3.92. The zero-order valence-electron chi connectivity index (χ0n) is 21.3. The Hall–Kier alpha value is -3.42. The van der Waals surface area contributed by atoms with E-state index in [1.807, 2.05) is 62.4 Å². The average molecular weight is 516 g/mol. The van der Waals surface area contributed by atoms with E-state index in [0.717, 1.165) is 42.7 Å². The second-order valence-electron chi connectivity index (χ2n) is 10.1. The molecule has 0 bridgehead atoms. The van der Waals surface area contributed by atoms with Gasteiger partial charge in [-0.2, -0.15) is 0 Å². The standard InChI is InChI=1S/C30H33N3O3S/c1-22(2)30(34)31-26-11-8-10-24(19-26)23-15-17-32(18-16-23)21-27-20-25-9-6-7-14-29(25)33(27)37(35,36)28-12-4-3-5-13-28/h3-14,19-20,22-23H,15-18,21H2,1-2H3,(H,31,34). The largest absolute Gasteiger partial charge is 0.326 e. The SMILES string of the molecule is CC(C)C(=O)Nc1cccc(C2CCN(Cc3cc4ccccc4n3S(=O)(=O)c3ccccc3)CC2)c1. The Morgan fingerprint density at radius 3 is 2.35 bits per heavy atom. The van der Waals surface area contributed by atoms with Crippen LogP contribution < -0.4 is 5.32 Å². The second kappa shape index (κ2) is 10.5. The van der Waals surface area contributed by atoms with Gasteiger partial charge in [0.05, 0.1) is 10.4 Å². The number of fused-ring (bicyclic) bond motifs is 1. The molecule has 37 heavy (non-hydrogen) atoms. The highest BCUT2D eigenvalue weighted by molar-refractivity contribution is 7.90. The summed E-state index contributed by atoms with van der Waals surface area (Å²) in [6, 6.07) is 26.5. The smallest absolute Gasteiger partial charge is 0.268 e. The number of nitrogens with zero attached hydrogens (tertiary/aromatic N) is 2. The number of carbonyl (C=O) groups is 1. The minimum atomic E-state index is -3.72. The highest BCUT2D eigenvalue weighted by atomic mass is 32.2. The molecule has 7 heteroatoms. The summed E-state index contributed by atoms with van der Waals surface area (Å²) < 4.78 is 28.9. The topological polar surface area (TPSA) is 71.4 Å². The van der Waals surface area contributed by atoms with Crippen molar-refractivity contribution in [3.05, 3.63) is 96.2 Å². The van der Waals surface area contributed by atoms with Crippen molar-refractivity contribution < 1.29 is 13.2 Å². The summed E-state index contributed by atoms with van der Waals surface area (Å²) in [6.07, 6.45) is 1.96. The molecule has 3 aromatic carbocycles. The molecule has 1 aliphatic heterocycles. The monoisotopic (exact) mass is 515 g/mol. The van der Waals surface area contributed by atoms with Crippen LogP contribution in [0.25, 0.3) is 10.9 Å². The van der Waals surface area contributed by atoms with E-state index >= 15 is 0 Å². The van der Waals surface area contributed by atoms with Gasteiger partial charge in [0.1, 0.15) is 0 Å². The molecule has 0 aliphatic carbocycles. The average Bonchev–Trinajstić information content (AvgIpc) is 3.28. The van der Waals surface area contributed by atoms with Crippen molar-refractivity contribution in [3.8, 4) is 0 Å². The third kappa shape index (κ3) is 5.33. The summed E-state index contributed by atoms with van der Waals surface area (Å²) >= 11 is 0. The van der Waals surface area contributed by atoms with Crippen LogP contribution in [0.5, 0.6) is 0 Å². The van der Waals surface area contributed by atoms with Crippen LogP contribution in [0.2, 0.25) is 0 Å². The molecule has 0 unspecified atom stereocenters. The van der Waals surface area contributed by atoms with Crippen LogP contribution in [0.3, 0.4) is 0 Å². The van der Waals surface area contributed by atoms with Crippen molar-refractivity contribution >= 4 is 32.5 Å². The molecule has 1 saturated heterocycles. The lowest BCUT2D eigenvalue weighted by Crippen LogP contribution is -2.33. The Morgan fingerprint density at radius 1 is 0.919 bits per heavy atom. The Balaban J connectivity index is 1.34. The molecule has 0 spiro atoms. The zero-order valence-corrected chi connectivity index (χ0v) is 22.1. The highest BCUT2D eigenvalue weighted by Crippen LogP contribution is 2.32. The maximum Gasteiger partial charge on any atom is 0.268 e. The Bertz CT molecular complexity index is 1500. The lowest BCUT2D eigenvalue weighted by atomic mass is 9.89. The maximum atomic E-state index is 13.7. The molecule has 0 saturated carbocycles. The van der Waals surface area contributed by atoms with Crippen LogP contribution >= 0.6 is 0 Å². The van der Waals surface area contributed by atoms with E-state index in [2.05, 4.69) is 22.3 Å². The number of hydrogen-bond acceptors (Lipinski definition) is 4. The highest BCUT2D eigenvalue weighted by Gasteiger charge is 2.26. The van der Waals surface area contributed by atoms with Gasteiger partial charge in [-0.15, -0.1) is 0 Å². The molecule has 0 radical (unpaired) electrons. The van der Waals surface area contributed by atoms with Crippen LogP contribution in [0, 0.1) is 5.92 Å². The van der Waals surface area contributed by atoms with Gasteiger partial charge in [0, 0.05) is 29.2 Å². The number of para-hydroxylation sites is 1. The number of piperidine rings is 1. The van der Waals surface area contributed by atoms with E-state index < -0.39 is 10.0 Å². The molecule has 5 rings (SSSR count). The fraction of sp³-hybridized carbons (Fsp3) is 0.300. The molecule has 0 atom stereocenters. The van der Waals surface area contributed by atoms with Gasteiger partial charge in [0.25, 0.3) is 10.0 Å². The predicted molar refractivity (Wildman–Crippen MR) is 148 cm³/mol. The fourth-order valence-electron chi connectivity index (χ4n) is 5.09. The van der Waals surface area contributed by atoms with E-state index in [-0.39, 0.29) is 11.8 Å². The normalized spacial score (nSPS) is 15.3. The van der Waals surface area contributed by atoms with Crippen molar-refractivity contribution in [3.63, 3.8) is 0 Å². The van der Waals surface area contributed by atoms with Crippen LogP contribution in [0.1, 0.15) is 43.9 Å². The first-order valence-electron chi connectivity index (χ1n) is 12.9. The van der Waals surface area contributed by atoms with Crippen LogP contribution in [-0.4, -0.2) is 36.3 Å². The molecule has 4 aromatic rings. The number of carbonyl (C=O) groups excluding carboxylic acids is 1. The van der Waals surface area contributed by atoms with E-state index in [1.54, 1.807) is 24.3 Å². The van der Waals surface area contributed by atoms with E-state index in [0.29, 0.717) is 22.9 Å². The Labute approximate surface area is 219 Å². The van der Waals surface area contributed by atoms with Crippen molar-refractivity contribution in [2.75, 3.05) is 18.4 Å². The zero-order chi connectivity index (χ0) is 26.0. The van der Waals surface area contributed by atoms with Gasteiger partial charge in [-0.05, 0) is 73.8 Å². The van der Waals surface area contributed by atoms with Gasteiger partial charge in [-0.25, -0.2) is 12.4 Å². The molecular weight excluding hydrogens is 482 g/mol.